The predicted octanol–water partition coefficient (Wildman–Crippen LogP) is 3.41. The molecule has 2 aromatic heterocycles. The number of aryl methyl sites for hydroxylation is 1. The second-order valence-corrected chi connectivity index (χ2v) is 8.76. The van der Waals surface area contributed by atoms with Crippen molar-refractivity contribution in [3.8, 4) is 11.5 Å². The van der Waals surface area contributed by atoms with Crippen LogP contribution in [0.3, 0.4) is 0 Å². The second kappa shape index (κ2) is 7.80. The highest BCUT2D eigenvalue weighted by atomic mass is 16.7. The van der Waals surface area contributed by atoms with Crippen molar-refractivity contribution in [2.45, 2.75) is 39.0 Å². The van der Waals surface area contributed by atoms with Gasteiger partial charge >= 0.3 is 0 Å². The molecular formula is C23H29N5O2. The van der Waals surface area contributed by atoms with E-state index in [9.17, 15) is 0 Å². The van der Waals surface area contributed by atoms with Gasteiger partial charge in [-0.3, -0.25) is 0 Å². The molecule has 2 N–H and O–H groups in total. The van der Waals surface area contributed by atoms with E-state index >= 15 is 0 Å². The van der Waals surface area contributed by atoms with Crippen molar-refractivity contribution in [3.05, 3.63) is 47.3 Å². The standard InChI is InChI=1S/C23H29N5O2/c1-15(8-17-5-6-20-21(10-17)30-14-29-20)12-27-7-3-4-18(13-27)19-11-22(24)28-23(25-19)9-16(2)26-28/h5-6,9-11,15,18H,3-4,7-8,12-14,24H2,1-2H3/t15-,18-/m0/s1. The first-order chi connectivity index (χ1) is 14.5. The van der Waals surface area contributed by atoms with Gasteiger partial charge in [-0.05, 0) is 56.3 Å². The van der Waals surface area contributed by atoms with Crippen molar-refractivity contribution in [3.63, 3.8) is 0 Å². The van der Waals surface area contributed by atoms with Gasteiger partial charge in [-0.25, -0.2) is 4.98 Å². The zero-order valence-electron chi connectivity index (χ0n) is 17.7. The molecule has 1 aromatic carbocycles. The van der Waals surface area contributed by atoms with Crippen LogP contribution in [0.25, 0.3) is 5.65 Å². The molecule has 0 amide bonds. The third-order valence-corrected chi connectivity index (χ3v) is 6.11. The lowest BCUT2D eigenvalue weighted by Gasteiger charge is -2.34. The van der Waals surface area contributed by atoms with Gasteiger partial charge in [0.1, 0.15) is 5.82 Å². The molecule has 1 saturated heterocycles. The van der Waals surface area contributed by atoms with E-state index in [4.69, 9.17) is 20.2 Å². The van der Waals surface area contributed by atoms with Gasteiger partial charge in [-0.2, -0.15) is 9.61 Å². The summed E-state index contributed by atoms with van der Waals surface area (Å²) >= 11 is 0. The van der Waals surface area contributed by atoms with Gasteiger partial charge in [0.2, 0.25) is 6.79 Å². The zero-order valence-corrected chi connectivity index (χ0v) is 17.7. The van der Waals surface area contributed by atoms with Gasteiger partial charge in [0.05, 0.1) is 11.4 Å². The lowest BCUT2D eigenvalue weighted by atomic mass is 9.92. The largest absolute Gasteiger partial charge is 0.454 e. The number of nitrogens with two attached hydrogens (primary N) is 1. The number of benzene rings is 1. The fourth-order valence-electron chi connectivity index (χ4n) is 4.78. The summed E-state index contributed by atoms with van der Waals surface area (Å²) in [6.45, 7) is 7.87. The lowest BCUT2D eigenvalue weighted by Crippen LogP contribution is -2.38. The molecule has 2 aliphatic heterocycles. The number of nitrogens with zero attached hydrogens (tertiary/aromatic N) is 4. The molecular weight excluding hydrogens is 378 g/mol. The monoisotopic (exact) mass is 407 g/mol. The predicted molar refractivity (Wildman–Crippen MR) is 116 cm³/mol. The summed E-state index contributed by atoms with van der Waals surface area (Å²) < 4.78 is 12.7. The summed E-state index contributed by atoms with van der Waals surface area (Å²) in [6, 6.07) is 10.3. The van der Waals surface area contributed by atoms with Gasteiger partial charge in [0.25, 0.3) is 0 Å². The summed E-state index contributed by atoms with van der Waals surface area (Å²) in [5.41, 5.74) is 10.4. The first kappa shape index (κ1) is 19.2. The van der Waals surface area contributed by atoms with Crippen LogP contribution in [-0.2, 0) is 6.42 Å². The van der Waals surface area contributed by atoms with Crippen molar-refractivity contribution in [1.82, 2.24) is 19.5 Å². The Bertz CT molecular complexity index is 1060. The molecule has 2 atom stereocenters. The Morgan fingerprint density at radius 3 is 2.97 bits per heavy atom. The first-order valence-corrected chi connectivity index (χ1v) is 10.8. The molecule has 4 heterocycles. The number of fused-ring (bicyclic) bond motifs is 2. The van der Waals surface area contributed by atoms with Crippen LogP contribution in [0.2, 0.25) is 0 Å². The van der Waals surface area contributed by atoms with E-state index in [0.29, 0.717) is 24.4 Å². The van der Waals surface area contributed by atoms with Crippen LogP contribution in [0.15, 0.2) is 30.3 Å². The Morgan fingerprint density at radius 1 is 1.20 bits per heavy atom. The number of likely N-dealkylation sites (tertiary alicyclic amines) is 1. The Hall–Kier alpha value is -2.80. The lowest BCUT2D eigenvalue weighted by molar-refractivity contribution is 0.174. The Kier molecular flexibility index (Phi) is 4.98. The molecule has 1 fully saturated rings. The Labute approximate surface area is 176 Å². The number of hydrogen-bond donors (Lipinski definition) is 1. The van der Waals surface area contributed by atoms with E-state index in [0.717, 1.165) is 61.0 Å². The summed E-state index contributed by atoms with van der Waals surface area (Å²) in [5, 5.41) is 4.42. The molecule has 7 nitrogen and oxygen atoms in total. The third-order valence-electron chi connectivity index (χ3n) is 6.11. The smallest absolute Gasteiger partial charge is 0.231 e. The molecule has 30 heavy (non-hydrogen) atoms. The van der Waals surface area contributed by atoms with Crippen LogP contribution in [-0.4, -0.2) is 45.9 Å². The molecule has 0 spiro atoms. The second-order valence-electron chi connectivity index (χ2n) is 8.76. The van der Waals surface area contributed by atoms with E-state index in [2.05, 4.69) is 29.1 Å². The average Bonchev–Trinajstić information content (AvgIpc) is 3.33. The molecule has 3 aromatic rings. The minimum Gasteiger partial charge on any atom is -0.454 e. The van der Waals surface area contributed by atoms with E-state index < -0.39 is 0 Å². The average molecular weight is 408 g/mol. The highest BCUT2D eigenvalue weighted by Gasteiger charge is 2.25. The Balaban J connectivity index is 1.24. The van der Waals surface area contributed by atoms with Gasteiger partial charge in [0, 0.05) is 31.1 Å². The minimum absolute atomic E-state index is 0.326. The van der Waals surface area contributed by atoms with Crippen LogP contribution < -0.4 is 15.2 Å². The van der Waals surface area contributed by atoms with Crippen molar-refractivity contribution >= 4 is 11.5 Å². The number of piperidine rings is 1. The molecule has 0 bridgehead atoms. The molecule has 5 rings (SSSR count). The summed E-state index contributed by atoms with van der Waals surface area (Å²) in [7, 11) is 0. The number of hydrogen-bond acceptors (Lipinski definition) is 6. The van der Waals surface area contributed by atoms with E-state index in [-0.39, 0.29) is 0 Å². The third kappa shape index (κ3) is 3.81. The van der Waals surface area contributed by atoms with Gasteiger partial charge < -0.3 is 20.1 Å². The number of anilines is 1. The van der Waals surface area contributed by atoms with Crippen LogP contribution in [0.4, 0.5) is 5.82 Å². The maximum Gasteiger partial charge on any atom is 0.231 e. The number of ether oxygens (including phenoxy) is 2. The fraction of sp³-hybridized carbons (Fsp3) is 0.478. The summed E-state index contributed by atoms with van der Waals surface area (Å²) in [5.74, 6) is 3.35. The van der Waals surface area contributed by atoms with E-state index in [1.165, 1.54) is 12.0 Å². The molecule has 0 unspecified atom stereocenters. The quantitative estimate of drug-likeness (QED) is 0.698. The molecule has 2 aliphatic rings. The number of aromatic nitrogens is 3. The van der Waals surface area contributed by atoms with Gasteiger partial charge in [0.15, 0.2) is 17.1 Å². The highest BCUT2D eigenvalue weighted by Crippen LogP contribution is 2.33. The van der Waals surface area contributed by atoms with Crippen molar-refractivity contribution in [1.29, 1.82) is 0 Å². The van der Waals surface area contributed by atoms with Gasteiger partial charge in [-0.1, -0.05) is 13.0 Å². The van der Waals surface area contributed by atoms with Crippen molar-refractivity contribution < 1.29 is 9.47 Å². The minimum atomic E-state index is 0.326. The summed E-state index contributed by atoms with van der Waals surface area (Å²) in [6.07, 6.45) is 3.37. The zero-order chi connectivity index (χ0) is 20.7. The van der Waals surface area contributed by atoms with Crippen molar-refractivity contribution in [2.24, 2.45) is 5.92 Å². The first-order valence-electron chi connectivity index (χ1n) is 10.8. The van der Waals surface area contributed by atoms with Gasteiger partial charge in [-0.15, -0.1) is 0 Å². The maximum absolute atomic E-state index is 6.24. The van der Waals surface area contributed by atoms with E-state index in [1.54, 1.807) is 4.52 Å². The Morgan fingerprint density at radius 2 is 2.07 bits per heavy atom. The van der Waals surface area contributed by atoms with Crippen LogP contribution in [0.5, 0.6) is 11.5 Å². The fourth-order valence-corrected chi connectivity index (χ4v) is 4.78. The molecule has 0 radical (unpaired) electrons. The molecule has 0 saturated carbocycles. The SMILES string of the molecule is Cc1cc2nc([C@H]3CCCN(C[C@@H](C)Cc4ccc5c(c4)OCO5)C3)cc(N)n2n1. The molecule has 7 heteroatoms. The molecule has 0 aliphatic carbocycles. The normalized spacial score (nSPS) is 20.0. The maximum atomic E-state index is 6.24. The van der Waals surface area contributed by atoms with E-state index in [1.807, 2.05) is 25.1 Å². The highest BCUT2D eigenvalue weighted by molar-refractivity contribution is 5.49. The summed E-state index contributed by atoms with van der Waals surface area (Å²) in [4.78, 5) is 7.44. The number of nitrogen functional groups attached to an aromatic ring is 1. The van der Waals surface area contributed by atoms with Crippen molar-refractivity contribution in [2.75, 3.05) is 32.2 Å². The van der Waals surface area contributed by atoms with Crippen LogP contribution in [0.1, 0.15) is 42.6 Å². The topological polar surface area (TPSA) is 77.9 Å². The van der Waals surface area contributed by atoms with Crippen LogP contribution >= 0.6 is 0 Å². The molecule has 158 valence electrons. The number of rotatable bonds is 5. The van der Waals surface area contributed by atoms with Crippen LogP contribution in [0, 0.1) is 12.8 Å².